The predicted octanol–water partition coefficient (Wildman–Crippen LogP) is 3.16. The van der Waals surface area contributed by atoms with Crippen LogP contribution in [0.25, 0.3) is 0 Å². The van der Waals surface area contributed by atoms with Gasteiger partial charge in [-0.1, -0.05) is 18.7 Å². The Morgan fingerprint density at radius 1 is 1.54 bits per heavy atom. The van der Waals surface area contributed by atoms with E-state index in [4.69, 9.17) is 4.74 Å². The van der Waals surface area contributed by atoms with E-state index in [-0.39, 0.29) is 0 Å². The van der Waals surface area contributed by atoms with E-state index in [1.807, 2.05) is 24.5 Å². The van der Waals surface area contributed by atoms with Gasteiger partial charge in [0.05, 0.1) is 0 Å². The maximum Gasteiger partial charge on any atom is 0.120 e. The average molecular weight is 193 g/mol. The van der Waals surface area contributed by atoms with Gasteiger partial charge in [0.2, 0.25) is 0 Å². The molecule has 0 saturated heterocycles. The second kappa shape index (κ2) is 4.97. The van der Waals surface area contributed by atoms with E-state index in [0.29, 0.717) is 6.61 Å². The van der Waals surface area contributed by atoms with Crippen LogP contribution in [0.2, 0.25) is 0 Å². The molecular formula is C11H13OS. The second-order valence-electron chi connectivity index (χ2n) is 2.57. The minimum atomic E-state index is 0.546. The Balaban J connectivity index is 2.79. The van der Waals surface area contributed by atoms with Crippen molar-refractivity contribution in [2.24, 2.45) is 0 Å². The van der Waals surface area contributed by atoms with E-state index in [2.05, 4.69) is 13.5 Å². The highest BCUT2D eigenvalue weighted by Gasteiger charge is 1.98. The fourth-order valence-corrected chi connectivity index (χ4v) is 1.53. The van der Waals surface area contributed by atoms with E-state index < -0.39 is 0 Å². The highest BCUT2D eigenvalue weighted by molar-refractivity contribution is 7.98. The second-order valence-corrected chi connectivity index (χ2v) is 3.42. The van der Waals surface area contributed by atoms with Crippen molar-refractivity contribution in [3.05, 3.63) is 43.3 Å². The van der Waals surface area contributed by atoms with Crippen LogP contribution < -0.4 is 4.74 Å². The molecule has 1 radical (unpaired) electrons. The lowest BCUT2D eigenvalue weighted by Crippen LogP contribution is -1.93. The highest BCUT2D eigenvalue weighted by atomic mass is 32.2. The van der Waals surface area contributed by atoms with Gasteiger partial charge >= 0.3 is 0 Å². The Hall–Kier alpha value is -0.890. The summed E-state index contributed by atoms with van der Waals surface area (Å²) in [5, 5.41) is 0. The molecule has 0 unspecified atom stereocenters. The number of ether oxygens (including phenoxy) is 1. The standard InChI is InChI=1S/C11H13OS/c1-4-7-12-10-6-5-9(2)11(8-10)13-3/h4-6,8H,1-2,7H2,3H3. The molecule has 1 aromatic rings. The van der Waals surface area contributed by atoms with Crippen molar-refractivity contribution < 1.29 is 4.74 Å². The minimum Gasteiger partial charge on any atom is -0.490 e. The molecular weight excluding hydrogens is 180 g/mol. The summed E-state index contributed by atoms with van der Waals surface area (Å²) in [5.74, 6) is 0.872. The lowest BCUT2D eigenvalue weighted by atomic mass is 10.2. The molecule has 0 heterocycles. The van der Waals surface area contributed by atoms with Gasteiger partial charge in [0.25, 0.3) is 0 Å². The normalized spacial score (nSPS) is 9.69. The molecule has 0 N–H and O–H groups in total. The quantitative estimate of drug-likeness (QED) is 0.536. The zero-order valence-electron chi connectivity index (χ0n) is 7.75. The molecule has 0 fully saturated rings. The Morgan fingerprint density at radius 2 is 2.31 bits per heavy atom. The van der Waals surface area contributed by atoms with Crippen LogP contribution in [-0.2, 0) is 0 Å². The first-order valence-corrected chi connectivity index (χ1v) is 5.24. The fourth-order valence-electron chi connectivity index (χ4n) is 0.970. The van der Waals surface area contributed by atoms with Crippen molar-refractivity contribution in [2.75, 3.05) is 12.9 Å². The Morgan fingerprint density at radius 3 is 2.92 bits per heavy atom. The lowest BCUT2D eigenvalue weighted by Gasteiger charge is -2.06. The first-order valence-electron chi connectivity index (χ1n) is 4.01. The zero-order valence-corrected chi connectivity index (χ0v) is 8.56. The largest absolute Gasteiger partial charge is 0.490 e. The molecule has 2 heteroatoms. The number of hydrogen-bond donors (Lipinski definition) is 0. The van der Waals surface area contributed by atoms with Gasteiger partial charge in [-0.2, -0.15) is 0 Å². The molecule has 1 aromatic carbocycles. The van der Waals surface area contributed by atoms with Crippen LogP contribution >= 0.6 is 11.8 Å². The third kappa shape index (κ3) is 2.81. The van der Waals surface area contributed by atoms with Crippen LogP contribution in [0.3, 0.4) is 0 Å². The summed E-state index contributed by atoms with van der Waals surface area (Å²) in [6.07, 6.45) is 3.76. The Labute approximate surface area is 83.8 Å². The molecule has 0 aromatic heterocycles. The van der Waals surface area contributed by atoms with Gasteiger partial charge in [0.1, 0.15) is 12.4 Å². The van der Waals surface area contributed by atoms with Gasteiger partial charge < -0.3 is 4.74 Å². The summed E-state index contributed by atoms with van der Waals surface area (Å²) >= 11 is 1.67. The molecule has 1 nitrogen and oxygen atoms in total. The van der Waals surface area contributed by atoms with Crippen molar-refractivity contribution >= 4 is 11.8 Å². The van der Waals surface area contributed by atoms with Gasteiger partial charge in [-0.3, -0.25) is 0 Å². The average Bonchev–Trinajstić information content (AvgIpc) is 2.16. The molecule has 0 saturated carbocycles. The summed E-state index contributed by atoms with van der Waals surface area (Å²) in [6.45, 7) is 8.06. The molecule has 0 bridgehead atoms. The number of thioether (sulfide) groups is 1. The zero-order chi connectivity index (χ0) is 9.68. The maximum atomic E-state index is 5.39. The summed E-state index contributed by atoms with van der Waals surface area (Å²) < 4.78 is 5.39. The lowest BCUT2D eigenvalue weighted by molar-refractivity contribution is 0.362. The SMILES string of the molecule is [CH2]c1ccc(OCC=C)cc1SC. The molecule has 13 heavy (non-hydrogen) atoms. The molecule has 1 rings (SSSR count). The van der Waals surface area contributed by atoms with Crippen molar-refractivity contribution in [2.45, 2.75) is 4.90 Å². The van der Waals surface area contributed by atoms with Gasteiger partial charge in [-0.05, 0) is 30.9 Å². The van der Waals surface area contributed by atoms with Crippen LogP contribution in [0, 0.1) is 6.92 Å². The molecule has 0 aliphatic carbocycles. The van der Waals surface area contributed by atoms with Crippen molar-refractivity contribution in [1.29, 1.82) is 0 Å². The first-order chi connectivity index (χ1) is 6.27. The van der Waals surface area contributed by atoms with Crippen molar-refractivity contribution in [1.82, 2.24) is 0 Å². The third-order valence-electron chi connectivity index (χ3n) is 1.63. The third-order valence-corrected chi connectivity index (χ3v) is 2.45. The molecule has 0 aliphatic heterocycles. The van der Waals surface area contributed by atoms with E-state index in [0.717, 1.165) is 16.2 Å². The van der Waals surface area contributed by atoms with Crippen LogP contribution in [-0.4, -0.2) is 12.9 Å². The van der Waals surface area contributed by atoms with E-state index in [9.17, 15) is 0 Å². The van der Waals surface area contributed by atoms with Crippen LogP contribution in [0.5, 0.6) is 5.75 Å². The van der Waals surface area contributed by atoms with Crippen LogP contribution in [0.4, 0.5) is 0 Å². The van der Waals surface area contributed by atoms with Crippen molar-refractivity contribution in [3.63, 3.8) is 0 Å². The minimum absolute atomic E-state index is 0.546. The number of hydrogen-bond acceptors (Lipinski definition) is 2. The van der Waals surface area contributed by atoms with E-state index in [1.54, 1.807) is 17.8 Å². The van der Waals surface area contributed by atoms with E-state index in [1.165, 1.54) is 0 Å². The van der Waals surface area contributed by atoms with Crippen LogP contribution in [0.15, 0.2) is 35.7 Å². The monoisotopic (exact) mass is 193 g/mol. The summed E-state index contributed by atoms with van der Waals surface area (Å²) in [5.41, 5.74) is 1.04. The topological polar surface area (TPSA) is 9.23 Å². The van der Waals surface area contributed by atoms with Gasteiger partial charge in [0.15, 0.2) is 0 Å². The van der Waals surface area contributed by atoms with Gasteiger partial charge in [0, 0.05) is 4.90 Å². The van der Waals surface area contributed by atoms with Crippen molar-refractivity contribution in [3.8, 4) is 5.75 Å². The Kier molecular flexibility index (Phi) is 3.90. The van der Waals surface area contributed by atoms with Crippen LogP contribution in [0.1, 0.15) is 5.56 Å². The summed E-state index contributed by atoms with van der Waals surface area (Å²) in [4.78, 5) is 1.15. The fraction of sp³-hybridized carbons (Fsp3) is 0.182. The summed E-state index contributed by atoms with van der Waals surface area (Å²) in [7, 11) is 0. The molecule has 0 amide bonds. The molecule has 0 aliphatic rings. The number of rotatable bonds is 4. The van der Waals surface area contributed by atoms with E-state index >= 15 is 0 Å². The maximum absolute atomic E-state index is 5.39. The summed E-state index contributed by atoms with van der Waals surface area (Å²) in [6, 6.07) is 5.88. The first kappa shape index (κ1) is 10.2. The Bertz CT molecular complexity index is 294. The van der Waals surface area contributed by atoms with Gasteiger partial charge in [-0.15, -0.1) is 11.8 Å². The smallest absolute Gasteiger partial charge is 0.120 e. The van der Waals surface area contributed by atoms with Gasteiger partial charge in [-0.25, -0.2) is 0 Å². The molecule has 69 valence electrons. The molecule has 0 atom stereocenters. The highest BCUT2D eigenvalue weighted by Crippen LogP contribution is 2.24. The predicted molar refractivity (Wildman–Crippen MR) is 58.4 cm³/mol. The number of benzene rings is 1. The molecule has 0 spiro atoms.